The lowest BCUT2D eigenvalue weighted by molar-refractivity contribution is -0.160. The Morgan fingerprint density at radius 3 is 2.49 bits per heavy atom. The molecule has 59 heavy (non-hydrogen) atoms. The van der Waals surface area contributed by atoms with Gasteiger partial charge >= 0.3 is 5.97 Å². The van der Waals surface area contributed by atoms with Gasteiger partial charge in [-0.1, -0.05) is 26.0 Å². The van der Waals surface area contributed by atoms with Gasteiger partial charge < -0.3 is 24.0 Å². The second-order valence-electron chi connectivity index (χ2n) is 18.5. The third kappa shape index (κ3) is 9.55. The molecule has 2 aromatic rings. The second-order valence-corrected chi connectivity index (χ2v) is 20.5. The van der Waals surface area contributed by atoms with Crippen LogP contribution in [0.3, 0.4) is 0 Å². The minimum atomic E-state index is -4.35. The van der Waals surface area contributed by atoms with Crippen molar-refractivity contribution in [3.05, 3.63) is 36.4 Å². The SMILES string of the molecule is CCN(C)c1cc2cc(OC)ccc2c(O[C@@H]2C[C@H]3C(=O)C[C@]4(C(=O)NS(=O)(=O)C5(CF)CC5)C[C@H]4/C=C\CC[C@H](C)C[C@@H](C)[C@H](CC(=O)OC(C)(C)C)C(=O)N3C2)n1. The van der Waals surface area contributed by atoms with Gasteiger partial charge in [0.1, 0.15) is 34.7 Å². The first-order chi connectivity index (χ1) is 27.7. The summed E-state index contributed by atoms with van der Waals surface area (Å²) in [6, 6.07) is 6.42. The predicted octanol–water partition coefficient (Wildman–Crippen LogP) is 6.32. The number of aromatic nitrogens is 1. The van der Waals surface area contributed by atoms with Crippen LogP contribution in [0.15, 0.2) is 36.4 Å². The topological polar surface area (TPSA) is 162 Å². The van der Waals surface area contributed by atoms with Crippen molar-refractivity contribution >= 4 is 50.2 Å². The number of alkyl halides is 1. The van der Waals surface area contributed by atoms with Crippen LogP contribution in [0.5, 0.6) is 11.6 Å². The highest BCUT2D eigenvalue weighted by molar-refractivity contribution is 7.91. The highest BCUT2D eigenvalue weighted by Crippen LogP contribution is 2.58. The highest BCUT2D eigenvalue weighted by Gasteiger charge is 2.63. The second kappa shape index (κ2) is 17.0. The first kappa shape index (κ1) is 44.3. The molecule has 2 amide bonds. The van der Waals surface area contributed by atoms with E-state index in [4.69, 9.17) is 19.2 Å². The number of amides is 2. The molecule has 2 saturated carbocycles. The summed E-state index contributed by atoms with van der Waals surface area (Å²) in [7, 11) is -0.849. The molecular formula is C44H61FN4O9S. The number of hydrogen-bond acceptors (Lipinski definition) is 11. The van der Waals surface area contributed by atoms with E-state index < -0.39 is 74.1 Å². The van der Waals surface area contributed by atoms with Gasteiger partial charge in [0.2, 0.25) is 27.7 Å². The fourth-order valence-corrected chi connectivity index (χ4v) is 10.2. The lowest BCUT2D eigenvalue weighted by atomic mass is 9.82. The van der Waals surface area contributed by atoms with Crippen LogP contribution >= 0.6 is 0 Å². The number of rotatable bonds is 11. The van der Waals surface area contributed by atoms with Crippen molar-refractivity contribution in [3.8, 4) is 11.6 Å². The largest absolute Gasteiger partial charge is 0.497 e. The van der Waals surface area contributed by atoms with Gasteiger partial charge in [-0.3, -0.25) is 23.9 Å². The van der Waals surface area contributed by atoms with Crippen LogP contribution in [-0.2, 0) is 33.9 Å². The zero-order valence-electron chi connectivity index (χ0n) is 35.7. The summed E-state index contributed by atoms with van der Waals surface area (Å²) >= 11 is 0. The van der Waals surface area contributed by atoms with E-state index in [0.717, 1.165) is 11.8 Å². The molecule has 1 aromatic carbocycles. The van der Waals surface area contributed by atoms with E-state index in [1.165, 1.54) is 4.90 Å². The van der Waals surface area contributed by atoms with Gasteiger partial charge in [0.15, 0.2) is 5.78 Å². The summed E-state index contributed by atoms with van der Waals surface area (Å²) in [5, 5.41) is 1.53. The number of nitrogens with zero attached hydrogens (tertiary/aromatic N) is 3. The van der Waals surface area contributed by atoms with Crippen molar-refractivity contribution in [3.63, 3.8) is 0 Å². The molecule has 3 fully saturated rings. The van der Waals surface area contributed by atoms with Gasteiger partial charge in [-0.2, -0.15) is 4.98 Å². The number of methoxy groups -OCH3 is 1. The summed E-state index contributed by atoms with van der Waals surface area (Å²) in [4.78, 5) is 65.6. The average Bonchev–Trinajstić information content (AvgIpc) is 4.08. The van der Waals surface area contributed by atoms with E-state index in [1.807, 2.05) is 56.1 Å². The lowest BCUT2D eigenvalue weighted by Crippen LogP contribution is -2.48. The highest BCUT2D eigenvalue weighted by atomic mass is 32.2. The number of fused-ring (bicyclic) bond motifs is 3. The number of sulfonamides is 1. The number of benzene rings is 1. The van der Waals surface area contributed by atoms with Gasteiger partial charge in [-0.25, -0.2) is 12.8 Å². The molecule has 15 heteroatoms. The Kier molecular flexibility index (Phi) is 12.8. The fraction of sp³-hybridized carbons (Fsp3) is 0.659. The zero-order chi connectivity index (χ0) is 43.1. The van der Waals surface area contributed by atoms with Gasteiger partial charge in [-0.15, -0.1) is 0 Å². The van der Waals surface area contributed by atoms with Crippen molar-refractivity contribution < 1.29 is 46.2 Å². The van der Waals surface area contributed by atoms with Crippen molar-refractivity contribution in [2.45, 2.75) is 122 Å². The van der Waals surface area contributed by atoms with Gasteiger partial charge in [-0.05, 0) is 114 Å². The molecule has 7 atom stereocenters. The lowest BCUT2D eigenvalue weighted by Gasteiger charge is -2.32. The molecular weight excluding hydrogens is 780 g/mol. The maximum Gasteiger partial charge on any atom is 0.307 e. The van der Waals surface area contributed by atoms with E-state index in [9.17, 15) is 27.2 Å². The molecule has 2 aliphatic carbocycles. The monoisotopic (exact) mass is 840 g/mol. The molecule has 0 spiro atoms. The Balaban J connectivity index is 1.38. The third-order valence-corrected chi connectivity index (χ3v) is 14.9. The number of ether oxygens (including phenoxy) is 3. The molecule has 0 bridgehead atoms. The molecule has 324 valence electrons. The number of esters is 1. The Bertz CT molecular complexity index is 2080. The van der Waals surface area contributed by atoms with E-state index in [0.29, 0.717) is 42.2 Å². The summed E-state index contributed by atoms with van der Waals surface area (Å²) in [5.41, 5.74) is -2.17. The van der Waals surface area contributed by atoms with Crippen LogP contribution in [0.25, 0.3) is 10.8 Å². The summed E-state index contributed by atoms with van der Waals surface area (Å²) in [6.07, 6.45) is 5.22. The first-order valence-electron chi connectivity index (χ1n) is 21.0. The number of carbonyl (C=O) groups excluding carboxylic acids is 4. The number of allylic oxidation sites excluding steroid dienone is 2. The fourth-order valence-electron chi connectivity index (χ4n) is 8.72. The van der Waals surface area contributed by atoms with Crippen molar-refractivity contribution in [2.75, 3.05) is 38.8 Å². The molecule has 0 radical (unpaired) electrons. The number of carbonyl (C=O) groups is 4. The summed E-state index contributed by atoms with van der Waals surface area (Å²) in [6.45, 7) is 10.9. The number of pyridine rings is 1. The predicted molar refractivity (Wildman–Crippen MR) is 222 cm³/mol. The maximum absolute atomic E-state index is 15.0. The molecule has 0 unspecified atom stereocenters. The van der Waals surface area contributed by atoms with Gasteiger partial charge in [0.25, 0.3) is 0 Å². The van der Waals surface area contributed by atoms with Crippen LogP contribution in [0.4, 0.5) is 10.2 Å². The molecule has 1 N–H and O–H groups in total. The number of halogens is 1. The molecule has 6 rings (SSSR count). The minimum Gasteiger partial charge on any atom is -0.497 e. The average molecular weight is 841 g/mol. The van der Waals surface area contributed by atoms with Crippen LogP contribution in [-0.4, -0.2) is 98.3 Å². The summed E-state index contributed by atoms with van der Waals surface area (Å²) in [5.74, 6) is -1.87. The third-order valence-electron chi connectivity index (χ3n) is 12.8. The standard InChI is InChI=1S/C44H61FN4O9S/c1-9-48(7)37-20-29-19-31(56-8)14-15-33(29)39(46-37)57-32-21-35-36(50)24-44(41(53)47-59(54,55)43(26-45)16-17-43)23-30(44)13-11-10-12-27(2)18-28(3)34(40(52)49(35)25-32)22-38(51)58-42(4,5)6/h11,13-15,19-20,27-28,30,32,34-35H,9-10,12,16-18,21-26H2,1-8H3,(H,47,53)/b13-11-/t27-,28+,30+,32+,34-,35-,44+/m0/s1. The normalized spacial score (nSPS) is 29.0. The quantitative estimate of drug-likeness (QED) is 0.199. The van der Waals surface area contributed by atoms with E-state index in [1.54, 1.807) is 33.9 Å². The molecule has 1 saturated heterocycles. The summed E-state index contributed by atoms with van der Waals surface area (Å²) < 4.78 is 58.9. The maximum atomic E-state index is 15.0. The Morgan fingerprint density at radius 1 is 1.12 bits per heavy atom. The number of Topliss-reactive ketones (excluding diaryl/α,β-unsaturated/α-hetero) is 1. The Morgan fingerprint density at radius 2 is 1.85 bits per heavy atom. The van der Waals surface area contributed by atoms with Gasteiger partial charge in [0.05, 0.1) is 37.5 Å². The minimum absolute atomic E-state index is 0.00539. The smallest absolute Gasteiger partial charge is 0.307 e. The van der Waals surface area contributed by atoms with E-state index in [-0.39, 0.29) is 62.8 Å². The number of anilines is 1. The Hall–Kier alpha value is -4.27. The Labute approximate surface area is 347 Å². The van der Waals surface area contributed by atoms with Crippen LogP contribution < -0.4 is 19.1 Å². The van der Waals surface area contributed by atoms with Gasteiger partial charge in [0, 0.05) is 31.8 Å². The van der Waals surface area contributed by atoms with Crippen LogP contribution in [0.2, 0.25) is 0 Å². The zero-order valence-corrected chi connectivity index (χ0v) is 36.5. The number of hydrogen-bond donors (Lipinski definition) is 1. The van der Waals surface area contributed by atoms with Crippen LogP contribution in [0, 0.1) is 29.1 Å². The number of ketones is 1. The molecule has 4 aliphatic rings. The van der Waals surface area contributed by atoms with Crippen molar-refractivity contribution in [1.29, 1.82) is 0 Å². The van der Waals surface area contributed by atoms with E-state index >= 15 is 4.79 Å². The van der Waals surface area contributed by atoms with Crippen molar-refractivity contribution in [1.82, 2.24) is 14.6 Å². The molecule has 3 heterocycles. The molecule has 13 nitrogen and oxygen atoms in total. The molecule has 2 aliphatic heterocycles. The van der Waals surface area contributed by atoms with E-state index in [2.05, 4.69) is 11.6 Å². The number of nitrogens with one attached hydrogen (secondary N) is 1. The van der Waals surface area contributed by atoms with Crippen molar-refractivity contribution in [2.24, 2.45) is 29.1 Å². The molecule has 1 aromatic heterocycles. The first-order valence-corrected chi connectivity index (χ1v) is 22.4. The van der Waals surface area contributed by atoms with Crippen LogP contribution in [0.1, 0.15) is 99.3 Å².